The molecule has 1 aromatic rings. The molecule has 0 spiro atoms. The molecule has 124 valence electrons. The zero-order valence-electron chi connectivity index (χ0n) is 13.5. The van der Waals surface area contributed by atoms with Gasteiger partial charge in [-0.1, -0.05) is 0 Å². The minimum absolute atomic E-state index is 0.0489. The highest BCUT2D eigenvalue weighted by Crippen LogP contribution is 2.20. The Morgan fingerprint density at radius 2 is 1.74 bits per heavy atom. The van der Waals surface area contributed by atoms with Crippen LogP contribution in [0.15, 0.2) is 18.5 Å². The summed E-state index contributed by atoms with van der Waals surface area (Å²) in [5, 5.41) is 0. The summed E-state index contributed by atoms with van der Waals surface area (Å²) in [6, 6.07) is 1.80. The summed E-state index contributed by atoms with van der Waals surface area (Å²) in [4.78, 5) is 38.6. The van der Waals surface area contributed by atoms with Crippen molar-refractivity contribution in [3.05, 3.63) is 18.5 Å². The van der Waals surface area contributed by atoms with E-state index in [4.69, 9.17) is 0 Å². The van der Waals surface area contributed by atoms with E-state index in [1.165, 1.54) is 0 Å². The van der Waals surface area contributed by atoms with E-state index in [0.717, 1.165) is 38.4 Å². The van der Waals surface area contributed by atoms with Gasteiger partial charge in [0.1, 0.15) is 0 Å². The zero-order chi connectivity index (χ0) is 16.2. The van der Waals surface area contributed by atoms with Crippen LogP contribution in [0.5, 0.6) is 0 Å². The Labute approximate surface area is 136 Å². The Kier molecular flexibility index (Phi) is 4.73. The van der Waals surface area contributed by atoms with Gasteiger partial charge in [0, 0.05) is 58.6 Å². The van der Waals surface area contributed by atoms with Crippen LogP contribution in [0.3, 0.4) is 0 Å². The molecular formula is C16H23N5O2. The van der Waals surface area contributed by atoms with Gasteiger partial charge < -0.3 is 14.7 Å². The van der Waals surface area contributed by atoms with Crippen LogP contribution in [0.2, 0.25) is 0 Å². The number of hydrogen-bond acceptors (Lipinski definition) is 5. The smallest absolute Gasteiger partial charge is 0.227 e. The number of nitrogens with zero attached hydrogens (tertiary/aromatic N) is 5. The second kappa shape index (κ2) is 6.93. The molecule has 3 heterocycles. The first kappa shape index (κ1) is 15.7. The average Bonchev–Trinajstić information content (AvgIpc) is 2.62. The van der Waals surface area contributed by atoms with Crippen LogP contribution in [-0.2, 0) is 9.59 Å². The van der Waals surface area contributed by atoms with Gasteiger partial charge in [-0.15, -0.1) is 0 Å². The molecule has 7 heteroatoms. The maximum absolute atomic E-state index is 12.7. The predicted molar refractivity (Wildman–Crippen MR) is 85.8 cm³/mol. The summed E-state index contributed by atoms with van der Waals surface area (Å²) in [7, 11) is 0. The predicted octanol–water partition coefficient (Wildman–Crippen LogP) is 0.384. The molecule has 0 radical (unpaired) electrons. The third kappa shape index (κ3) is 3.60. The summed E-state index contributed by atoms with van der Waals surface area (Å²) in [6.45, 7) is 5.79. The molecule has 0 aliphatic carbocycles. The summed E-state index contributed by atoms with van der Waals surface area (Å²) in [6.07, 6.45) is 5.26. The van der Waals surface area contributed by atoms with E-state index < -0.39 is 0 Å². The number of rotatable bonds is 2. The van der Waals surface area contributed by atoms with Gasteiger partial charge in [0.15, 0.2) is 0 Å². The summed E-state index contributed by atoms with van der Waals surface area (Å²) in [5.74, 6) is 0.922. The molecule has 0 aromatic carbocycles. The molecule has 2 fully saturated rings. The van der Waals surface area contributed by atoms with Crippen LogP contribution >= 0.6 is 0 Å². The molecule has 0 unspecified atom stereocenters. The van der Waals surface area contributed by atoms with Crippen LogP contribution < -0.4 is 4.90 Å². The Bertz CT molecular complexity index is 557. The van der Waals surface area contributed by atoms with E-state index in [0.29, 0.717) is 19.6 Å². The molecule has 7 nitrogen and oxygen atoms in total. The Balaban J connectivity index is 1.55. The first-order valence-corrected chi connectivity index (χ1v) is 8.21. The molecule has 0 saturated carbocycles. The van der Waals surface area contributed by atoms with Crippen molar-refractivity contribution in [3.8, 4) is 0 Å². The third-order valence-corrected chi connectivity index (χ3v) is 4.64. The van der Waals surface area contributed by atoms with Crippen LogP contribution in [0.4, 0.5) is 5.95 Å². The number of aromatic nitrogens is 2. The fourth-order valence-electron chi connectivity index (χ4n) is 3.30. The molecule has 2 aliphatic rings. The van der Waals surface area contributed by atoms with Gasteiger partial charge in [0.2, 0.25) is 17.8 Å². The van der Waals surface area contributed by atoms with Crippen molar-refractivity contribution in [1.29, 1.82) is 0 Å². The first-order valence-electron chi connectivity index (χ1n) is 8.21. The number of piperazine rings is 1. The lowest BCUT2D eigenvalue weighted by Gasteiger charge is -2.38. The monoisotopic (exact) mass is 317 g/mol. The van der Waals surface area contributed by atoms with Gasteiger partial charge >= 0.3 is 0 Å². The minimum atomic E-state index is -0.0489. The van der Waals surface area contributed by atoms with E-state index in [2.05, 4.69) is 14.9 Å². The largest absolute Gasteiger partial charge is 0.342 e. The molecule has 2 saturated heterocycles. The van der Waals surface area contributed by atoms with Crippen molar-refractivity contribution in [3.63, 3.8) is 0 Å². The summed E-state index contributed by atoms with van der Waals surface area (Å²) < 4.78 is 0. The van der Waals surface area contributed by atoms with E-state index in [1.807, 2.05) is 4.90 Å². The lowest BCUT2D eigenvalue weighted by molar-refractivity contribution is -0.140. The normalized spacial score (nSPS) is 22.1. The lowest BCUT2D eigenvalue weighted by atomic mass is 9.96. The summed E-state index contributed by atoms with van der Waals surface area (Å²) >= 11 is 0. The average molecular weight is 317 g/mol. The van der Waals surface area contributed by atoms with E-state index >= 15 is 0 Å². The van der Waals surface area contributed by atoms with E-state index in [9.17, 15) is 9.59 Å². The first-order chi connectivity index (χ1) is 11.1. The van der Waals surface area contributed by atoms with Crippen molar-refractivity contribution >= 4 is 17.8 Å². The van der Waals surface area contributed by atoms with Crippen molar-refractivity contribution in [2.24, 2.45) is 5.92 Å². The van der Waals surface area contributed by atoms with Gasteiger partial charge in [-0.3, -0.25) is 9.59 Å². The van der Waals surface area contributed by atoms with Crippen molar-refractivity contribution in [2.75, 3.05) is 44.2 Å². The zero-order valence-corrected chi connectivity index (χ0v) is 13.5. The van der Waals surface area contributed by atoms with E-state index in [1.54, 1.807) is 30.3 Å². The van der Waals surface area contributed by atoms with Gasteiger partial charge in [0.05, 0.1) is 5.92 Å². The minimum Gasteiger partial charge on any atom is -0.342 e. The highest BCUT2D eigenvalue weighted by Gasteiger charge is 2.32. The Morgan fingerprint density at radius 3 is 2.39 bits per heavy atom. The van der Waals surface area contributed by atoms with Crippen LogP contribution in [0.25, 0.3) is 0 Å². The Morgan fingerprint density at radius 1 is 1.04 bits per heavy atom. The van der Waals surface area contributed by atoms with Crippen LogP contribution in [0.1, 0.15) is 19.8 Å². The van der Waals surface area contributed by atoms with Crippen LogP contribution in [0, 0.1) is 5.92 Å². The van der Waals surface area contributed by atoms with Gasteiger partial charge in [0.25, 0.3) is 0 Å². The molecular weight excluding hydrogens is 294 g/mol. The molecule has 2 amide bonds. The number of likely N-dealkylation sites (tertiary alicyclic amines) is 1. The molecule has 1 atom stereocenters. The fourth-order valence-corrected chi connectivity index (χ4v) is 3.30. The number of anilines is 1. The third-order valence-electron chi connectivity index (χ3n) is 4.64. The standard InChI is InChI=1S/C16H23N5O2/c1-13(22)21-7-2-4-14(12-21)15(23)19-8-10-20(11-9-19)16-17-5-3-6-18-16/h3,5-6,14H,2,4,7-12H2,1H3/t14-/m0/s1. The van der Waals surface area contributed by atoms with Crippen molar-refractivity contribution < 1.29 is 9.59 Å². The quantitative estimate of drug-likeness (QED) is 0.789. The molecule has 1 aromatic heterocycles. The number of amides is 2. The molecule has 3 rings (SSSR count). The second-order valence-electron chi connectivity index (χ2n) is 6.17. The number of carbonyl (C=O) groups excluding carboxylic acids is 2. The highest BCUT2D eigenvalue weighted by molar-refractivity contribution is 5.81. The Hall–Kier alpha value is -2.18. The number of carbonyl (C=O) groups is 2. The van der Waals surface area contributed by atoms with Crippen molar-refractivity contribution in [1.82, 2.24) is 19.8 Å². The number of hydrogen-bond donors (Lipinski definition) is 0. The SMILES string of the molecule is CC(=O)N1CCC[C@H](C(=O)N2CCN(c3ncccn3)CC2)C1. The fraction of sp³-hybridized carbons (Fsp3) is 0.625. The van der Waals surface area contributed by atoms with Gasteiger partial charge in [-0.25, -0.2) is 9.97 Å². The lowest BCUT2D eigenvalue weighted by Crippen LogP contribution is -2.53. The van der Waals surface area contributed by atoms with Crippen LogP contribution in [-0.4, -0.2) is 70.9 Å². The van der Waals surface area contributed by atoms with Crippen molar-refractivity contribution in [2.45, 2.75) is 19.8 Å². The molecule has 2 aliphatic heterocycles. The highest BCUT2D eigenvalue weighted by atomic mass is 16.2. The number of piperidine rings is 1. The maximum Gasteiger partial charge on any atom is 0.227 e. The topological polar surface area (TPSA) is 69.6 Å². The molecule has 23 heavy (non-hydrogen) atoms. The van der Waals surface area contributed by atoms with Gasteiger partial charge in [-0.2, -0.15) is 0 Å². The molecule has 0 N–H and O–H groups in total. The summed E-state index contributed by atoms with van der Waals surface area (Å²) in [5.41, 5.74) is 0. The maximum atomic E-state index is 12.7. The van der Waals surface area contributed by atoms with E-state index in [-0.39, 0.29) is 17.7 Å². The molecule has 0 bridgehead atoms. The second-order valence-corrected chi connectivity index (χ2v) is 6.17. The van der Waals surface area contributed by atoms with Gasteiger partial charge in [-0.05, 0) is 18.9 Å².